The summed E-state index contributed by atoms with van der Waals surface area (Å²) >= 11 is 0. The van der Waals surface area contributed by atoms with E-state index in [1.165, 1.54) is 12.1 Å². The molecule has 0 bridgehead atoms. The summed E-state index contributed by atoms with van der Waals surface area (Å²) in [6.45, 7) is 1.94. The third-order valence-corrected chi connectivity index (χ3v) is 4.96. The lowest BCUT2D eigenvalue weighted by atomic mass is 10.2. The second kappa shape index (κ2) is 7.60. The van der Waals surface area contributed by atoms with E-state index in [9.17, 15) is 4.39 Å². The molecule has 0 saturated carbocycles. The minimum atomic E-state index is -0.300. The van der Waals surface area contributed by atoms with Crippen LogP contribution in [-0.2, 0) is 0 Å². The first kappa shape index (κ1) is 18.9. The van der Waals surface area contributed by atoms with Gasteiger partial charge in [-0.15, -0.1) is 0 Å². The summed E-state index contributed by atoms with van der Waals surface area (Å²) in [6.07, 6.45) is 3.70. The molecule has 1 N–H and O–H groups in total. The van der Waals surface area contributed by atoms with Crippen LogP contribution in [0.1, 0.15) is 5.69 Å². The normalized spacial score (nSPS) is 11.1. The number of nitrogens with one attached hydrogen (secondary N) is 1. The minimum Gasteiger partial charge on any atom is -0.494 e. The molecule has 0 fully saturated rings. The van der Waals surface area contributed by atoms with E-state index in [2.05, 4.69) is 15.3 Å². The topological polar surface area (TPSA) is 65.1 Å². The number of hydrogen-bond acceptors (Lipinski definition) is 5. The van der Waals surface area contributed by atoms with E-state index in [-0.39, 0.29) is 5.82 Å². The zero-order chi connectivity index (χ0) is 21.4. The van der Waals surface area contributed by atoms with E-state index in [1.807, 2.05) is 54.1 Å². The number of oxazole rings is 1. The maximum absolute atomic E-state index is 13.2. The molecule has 3 aromatic carbocycles. The van der Waals surface area contributed by atoms with Crippen molar-refractivity contribution in [3.05, 3.63) is 84.7 Å². The molecule has 0 radical (unpaired) electrons. The number of ether oxygens (including phenoxy) is 1. The van der Waals surface area contributed by atoms with Crippen LogP contribution in [0, 0.1) is 12.7 Å². The number of nitrogens with zero attached hydrogens (tertiary/aromatic N) is 3. The van der Waals surface area contributed by atoms with Crippen LogP contribution < -0.4 is 10.1 Å². The molecular formula is C24H19FN4O2. The number of imidazole rings is 1. The van der Waals surface area contributed by atoms with Crippen LogP contribution in [0.3, 0.4) is 0 Å². The smallest absolute Gasteiger partial charge is 0.227 e. The predicted molar refractivity (Wildman–Crippen MR) is 118 cm³/mol. The third-order valence-electron chi connectivity index (χ3n) is 4.96. The molecule has 0 aliphatic heterocycles. The van der Waals surface area contributed by atoms with Crippen molar-refractivity contribution in [1.29, 1.82) is 0 Å². The number of methoxy groups -OCH3 is 1. The fraction of sp³-hybridized carbons (Fsp3) is 0.0833. The van der Waals surface area contributed by atoms with Gasteiger partial charge in [-0.3, -0.25) is 0 Å². The second-order valence-electron chi connectivity index (χ2n) is 7.11. The molecule has 154 valence electrons. The zero-order valence-corrected chi connectivity index (χ0v) is 17.0. The predicted octanol–water partition coefficient (Wildman–Crippen LogP) is 5.88. The SMILES string of the molecule is COc1cc(Nc2cccc3oc(-c4ccc(F)cc4)nc23)ccc1-n1cnc(C)c1. The van der Waals surface area contributed by atoms with Gasteiger partial charge in [-0.1, -0.05) is 6.07 Å². The summed E-state index contributed by atoms with van der Waals surface area (Å²) < 4.78 is 26.6. The van der Waals surface area contributed by atoms with Crippen molar-refractivity contribution in [1.82, 2.24) is 14.5 Å². The van der Waals surface area contributed by atoms with E-state index in [4.69, 9.17) is 9.15 Å². The monoisotopic (exact) mass is 414 g/mol. The zero-order valence-electron chi connectivity index (χ0n) is 17.0. The average Bonchev–Trinajstić information content (AvgIpc) is 3.41. The van der Waals surface area contributed by atoms with E-state index < -0.39 is 0 Å². The number of fused-ring (bicyclic) bond motifs is 1. The number of para-hydroxylation sites is 1. The van der Waals surface area contributed by atoms with Crippen LogP contribution in [0.25, 0.3) is 28.2 Å². The Hall–Kier alpha value is -4.13. The van der Waals surface area contributed by atoms with Crippen LogP contribution in [0.4, 0.5) is 15.8 Å². The van der Waals surface area contributed by atoms with Gasteiger partial charge >= 0.3 is 0 Å². The number of aromatic nitrogens is 3. The maximum atomic E-state index is 13.2. The molecule has 7 heteroatoms. The Labute approximate surface area is 177 Å². The van der Waals surface area contributed by atoms with Gasteiger partial charge in [0, 0.05) is 23.5 Å². The molecule has 0 spiro atoms. The Kier molecular flexibility index (Phi) is 4.63. The van der Waals surface area contributed by atoms with E-state index in [1.54, 1.807) is 25.6 Å². The summed E-state index contributed by atoms with van der Waals surface area (Å²) in [5.74, 6) is 0.847. The summed E-state index contributed by atoms with van der Waals surface area (Å²) in [4.78, 5) is 8.90. The third kappa shape index (κ3) is 3.61. The van der Waals surface area contributed by atoms with Gasteiger partial charge in [-0.05, 0) is 55.5 Å². The first-order valence-electron chi connectivity index (χ1n) is 9.72. The van der Waals surface area contributed by atoms with Crippen molar-refractivity contribution in [3.63, 3.8) is 0 Å². The van der Waals surface area contributed by atoms with Gasteiger partial charge in [0.25, 0.3) is 0 Å². The fourth-order valence-corrected chi connectivity index (χ4v) is 3.44. The molecule has 0 unspecified atom stereocenters. The molecule has 0 aliphatic rings. The van der Waals surface area contributed by atoms with Gasteiger partial charge < -0.3 is 19.0 Å². The number of halogens is 1. The largest absolute Gasteiger partial charge is 0.494 e. The van der Waals surface area contributed by atoms with Crippen LogP contribution >= 0.6 is 0 Å². The van der Waals surface area contributed by atoms with E-state index in [0.29, 0.717) is 28.3 Å². The summed E-state index contributed by atoms with van der Waals surface area (Å²) in [7, 11) is 1.64. The van der Waals surface area contributed by atoms with Gasteiger partial charge in [0.2, 0.25) is 5.89 Å². The Morgan fingerprint density at radius 3 is 2.65 bits per heavy atom. The number of rotatable bonds is 5. The first-order chi connectivity index (χ1) is 15.1. The van der Waals surface area contributed by atoms with Gasteiger partial charge in [-0.2, -0.15) is 0 Å². The van der Waals surface area contributed by atoms with Crippen LogP contribution in [0.5, 0.6) is 5.75 Å². The highest BCUT2D eigenvalue weighted by atomic mass is 19.1. The lowest BCUT2D eigenvalue weighted by Gasteiger charge is -2.13. The average molecular weight is 414 g/mol. The molecule has 2 aromatic heterocycles. The first-order valence-corrected chi connectivity index (χ1v) is 9.72. The molecular weight excluding hydrogens is 395 g/mol. The van der Waals surface area contributed by atoms with E-state index >= 15 is 0 Å². The molecule has 0 aliphatic carbocycles. The van der Waals surface area contributed by atoms with Crippen LogP contribution in [0.15, 0.2) is 77.6 Å². The highest BCUT2D eigenvalue weighted by Gasteiger charge is 2.13. The van der Waals surface area contributed by atoms with Crippen LogP contribution in [-0.4, -0.2) is 21.6 Å². The number of anilines is 2. The number of aryl methyl sites for hydroxylation is 1. The highest BCUT2D eigenvalue weighted by Crippen LogP contribution is 2.33. The van der Waals surface area contributed by atoms with Crippen molar-refractivity contribution < 1.29 is 13.5 Å². The molecule has 5 rings (SSSR count). The standard InChI is InChI=1S/C24H19FN4O2/c1-15-13-29(14-26-15)20-11-10-18(12-22(20)30-2)27-19-4-3-5-21-23(19)28-24(31-21)16-6-8-17(25)9-7-16/h3-14,27H,1-2H3. The Morgan fingerprint density at radius 2 is 1.90 bits per heavy atom. The molecule has 0 saturated heterocycles. The summed E-state index contributed by atoms with van der Waals surface area (Å²) in [5, 5.41) is 3.39. The number of benzene rings is 3. The number of hydrogen-bond donors (Lipinski definition) is 1. The molecule has 0 amide bonds. The van der Waals surface area contributed by atoms with Crippen molar-refractivity contribution in [2.75, 3.05) is 12.4 Å². The lowest BCUT2D eigenvalue weighted by Crippen LogP contribution is -1.98. The molecule has 6 nitrogen and oxygen atoms in total. The van der Waals surface area contributed by atoms with Gasteiger partial charge in [-0.25, -0.2) is 14.4 Å². The maximum Gasteiger partial charge on any atom is 0.227 e. The molecule has 31 heavy (non-hydrogen) atoms. The summed E-state index contributed by atoms with van der Waals surface area (Å²) in [5.41, 5.74) is 5.51. The molecule has 2 heterocycles. The minimum absolute atomic E-state index is 0.300. The molecule has 0 atom stereocenters. The van der Waals surface area contributed by atoms with Gasteiger partial charge in [0.05, 0.1) is 30.5 Å². The van der Waals surface area contributed by atoms with Gasteiger partial charge in [0.1, 0.15) is 17.1 Å². The summed E-state index contributed by atoms with van der Waals surface area (Å²) in [6, 6.07) is 17.6. The van der Waals surface area contributed by atoms with E-state index in [0.717, 1.165) is 22.8 Å². The Morgan fingerprint density at radius 1 is 1.06 bits per heavy atom. The van der Waals surface area contributed by atoms with Gasteiger partial charge in [0.15, 0.2) is 5.58 Å². The lowest BCUT2D eigenvalue weighted by molar-refractivity contribution is 0.413. The van der Waals surface area contributed by atoms with Crippen molar-refractivity contribution in [3.8, 4) is 22.9 Å². The van der Waals surface area contributed by atoms with Crippen molar-refractivity contribution in [2.24, 2.45) is 0 Å². The van der Waals surface area contributed by atoms with Crippen molar-refractivity contribution in [2.45, 2.75) is 6.92 Å². The Bertz CT molecular complexity index is 1370. The molecule has 5 aromatic rings. The van der Waals surface area contributed by atoms with Crippen molar-refractivity contribution >= 4 is 22.5 Å². The quantitative estimate of drug-likeness (QED) is 0.389. The second-order valence-corrected chi connectivity index (χ2v) is 7.11. The Balaban J connectivity index is 1.49. The highest BCUT2D eigenvalue weighted by molar-refractivity contribution is 5.90. The fourth-order valence-electron chi connectivity index (χ4n) is 3.44. The van der Waals surface area contributed by atoms with Crippen LogP contribution in [0.2, 0.25) is 0 Å².